The predicted octanol–water partition coefficient (Wildman–Crippen LogP) is 0.380. The van der Waals surface area contributed by atoms with Crippen molar-refractivity contribution in [2.75, 3.05) is 0 Å². The van der Waals surface area contributed by atoms with E-state index in [1.165, 1.54) is 0 Å². The number of hydrogen-bond donors (Lipinski definition) is 4. The van der Waals surface area contributed by atoms with Gasteiger partial charge in [0, 0.05) is 11.6 Å². The van der Waals surface area contributed by atoms with Crippen molar-refractivity contribution in [3.05, 3.63) is 23.3 Å². The molecule has 0 aliphatic heterocycles. The Labute approximate surface area is 105 Å². The number of aliphatic carboxylic acids is 4. The highest BCUT2D eigenvalue weighted by Gasteiger charge is 2.07. The zero-order chi connectivity index (χ0) is 14.9. The largest absolute Gasteiger partial charge is 0.481 e. The van der Waals surface area contributed by atoms with Crippen LogP contribution in [-0.2, 0) is 19.2 Å². The van der Waals surface area contributed by atoms with Crippen LogP contribution in [0, 0.1) is 0 Å². The lowest BCUT2D eigenvalue weighted by Crippen LogP contribution is -2.04. The third-order valence-electron chi connectivity index (χ3n) is 1.12. The maximum absolute atomic E-state index is 9.87. The summed E-state index contributed by atoms with van der Waals surface area (Å²) in [5.74, 6) is -5.26. The second-order valence-corrected chi connectivity index (χ2v) is 3.02. The molecule has 0 rings (SSSR count). The Kier molecular flexibility index (Phi) is 8.78. The van der Waals surface area contributed by atoms with Gasteiger partial charge in [0.15, 0.2) is 0 Å². The van der Waals surface area contributed by atoms with Gasteiger partial charge in [-0.05, 0) is 0 Å². The monoisotopic (exact) mass is 280 g/mol. The number of carbonyl (C=O) groups is 4. The van der Waals surface area contributed by atoms with Gasteiger partial charge in [-0.1, -0.05) is 18.2 Å². The van der Waals surface area contributed by atoms with E-state index in [9.17, 15) is 19.2 Å². The van der Waals surface area contributed by atoms with Crippen LogP contribution >= 0.6 is 11.6 Å². The average Bonchev–Trinajstić information content (AvgIpc) is 2.16. The van der Waals surface area contributed by atoms with Gasteiger partial charge in [-0.15, -0.1) is 0 Å². The summed E-state index contributed by atoms with van der Waals surface area (Å²) in [6, 6.07) is 0. The van der Waals surface area contributed by atoms with Gasteiger partial charge < -0.3 is 20.4 Å². The minimum absolute atomic E-state index is 0.303. The minimum Gasteiger partial charge on any atom is -0.481 e. The smallest absolute Gasteiger partial charge is 0.347 e. The number of carboxylic acid groups (broad SMARTS) is 4. The molecule has 0 atom stereocenters. The molecule has 0 aromatic heterocycles. The molecule has 0 saturated carbocycles. The van der Waals surface area contributed by atoms with Crippen LogP contribution in [0.2, 0.25) is 0 Å². The van der Waals surface area contributed by atoms with E-state index in [-0.39, 0.29) is 5.57 Å². The first-order valence-electron chi connectivity index (χ1n) is 4.04. The molecule has 0 radical (unpaired) electrons. The molecular weight excluding hydrogens is 272 g/mol. The molecule has 0 aliphatic carbocycles. The van der Waals surface area contributed by atoms with Gasteiger partial charge in [0.1, 0.15) is 5.03 Å². The van der Waals surface area contributed by atoms with Crippen LogP contribution < -0.4 is 0 Å². The van der Waals surface area contributed by atoms with Crippen molar-refractivity contribution >= 4 is 35.5 Å². The van der Waals surface area contributed by atoms with E-state index >= 15 is 0 Å². The van der Waals surface area contributed by atoms with E-state index < -0.39 is 35.3 Å². The van der Waals surface area contributed by atoms with Crippen LogP contribution in [0.1, 0.15) is 6.42 Å². The molecule has 8 nitrogen and oxygen atoms in total. The summed E-state index contributed by atoms with van der Waals surface area (Å²) in [7, 11) is 0. The molecule has 0 spiro atoms. The van der Waals surface area contributed by atoms with Gasteiger partial charge in [-0.3, -0.25) is 4.79 Å². The van der Waals surface area contributed by atoms with Crippen molar-refractivity contribution in [2.45, 2.75) is 6.42 Å². The van der Waals surface area contributed by atoms with Crippen LogP contribution in [0.4, 0.5) is 0 Å². The fourth-order valence-corrected chi connectivity index (χ4v) is 0.522. The second-order valence-electron chi connectivity index (χ2n) is 2.61. The highest BCUT2D eigenvalue weighted by molar-refractivity contribution is 6.42. The summed E-state index contributed by atoms with van der Waals surface area (Å²) in [4.78, 5) is 39.1. The Morgan fingerprint density at radius 1 is 1.00 bits per heavy atom. The lowest BCUT2D eigenvalue weighted by molar-refractivity contribution is -0.139. The second kappa shape index (κ2) is 8.76. The normalized spacial score (nSPS) is 9.72. The lowest BCUT2D eigenvalue weighted by atomic mass is 10.2. The topological polar surface area (TPSA) is 149 Å². The van der Waals surface area contributed by atoms with Crippen molar-refractivity contribution in [3.63, 3.8) is 0 Å². The fourth-order valence-electron chi connectivity index (χ4n) is 0.428. The lowest BCUT2D eigenvalue weighted by Gasteiger charge is -1.91. The average molecular weight is 281 g/mol. The summed E-state index contributed by atoms with van der Waals surface area (Å²) in [6.45, 7) is 3.01. The standard InChI is InChI=1S/C5H6O4.C4H3ClO4/c1-3(5(8)9)2-4(6)7;5-2(4(8)9)1-3(6)7/h1-2H2,(H,6,7)(H,8,9);1H,(H,6,7)(H,8,9). The molecule has 0 aromatic carbocycles. The number of hydrogen-bond acceptors (Lipinski definition) is 4. The molecule has 0 fully saturated rings. The van der Waals surface area contributed by atoms with E-state index in [1.807, 2.05) is 0 Å². The highest BCUT2D eigenvalue weighted by Crippen LogP contribution is 1.99. The van der Waals surface area contributed by atoms with Crippen molar-refractivity contribution < 1.29 is 39.6 Å². The first kappa shape index (κ1) is 18.0. The first-order chi connectivity index (χ1) is 8.07. The van der Waals surface area contributed by atoms with Crippen LogP contribution in [0.25, 0.3) is 0 Å². The van der Waals surface area contributed by atoms with Crippen molar-refractivity contribution in [1.82, 2.24) is 0 Å². The number of carboxylic acids is 4. The van der Waals surface area contributed by atoms with Crippen LogP contribution in [0.15, 0.2) is 23.3 Å². The van der Waals surface area contributed by atoms with Crippen LogP contribution in [0.3, 0.4) is 0 Å². The summed E-state index contributed by atoms with van der Waals surface area (Å²) in [6.07, 6.45) is -0.0980. The highest BCUT2D eigenvalue weighted by atomic mass is 35.5. The Morgan fingerprint density at radius 2 is 1.44 bits per heavy atom. The van der Waals surface area contributed by atoms with E-state index in [0.29, 0.717) is 6.08 Å². The first-order valence-corrected chi connectivity index (χ1v) is 4.42. The van der Waals surface area contributed by atoms with Crippen molar-refractivity contribution in [3.8, 4) is 0 Å². The maximum atomic E-state index is 9.87. The Balaban J connectivity index is 0. The molecule has 0 aliphatic rings. The summed E-state index contributed by atoms with van der Waals surface area (Å²) < 4.78 is 0. The molecule has 0 bridgehead atoms. The minimum atomic E-state index is -1.45. The SMILES string of the molecule is C=C(CC(=O)O)C(=O)O.O=C(O)C=C(Cl)C(=O)O. The molecule has 0 amide bonds. The summed E-state index contributed by atoms with van der Waals surface area (Å²) >= 11 is 4.89. The number of halogens is 1. The Hall–Kier alpha value is -2.35. The Morgan fingerprint density at radius 3 is 1.56 bits per heavy atom. The van der Waals surface area contributed by atoms with Crippen LogP contribution in [0.5, 0.6) is 0 Å². The molecule has 4 N–H and O–H groups in total. The summed E-state index contributed by atoms with van der Waals surface area (Å²) in [5, 5.41) is 31.2. The van der Waals surface area contributed by atoms with Gasteiger partial charge in [0.25, 0.3) is 0 Å². The fraction of sp³-hybridized carbons (Fsp3) is 0.111. The molecular formula is C9H9ClO8. The van der Waals surface area contributed by atoms with Gasteiger partial charge in [0.05, 0.1) is 6.42 Å². The van der Waals surface area contributed by atoms with Crippen molar-refractivity contribution in [2.24, 2.45) is 0 Å². The van der Waals surface area contributed by atoms with Gasteiger partial charge in [0.2, 0.25) is 0 Å². The van der Waals surface area contributed by atoms with Crippen molar-refractivity contribution in [1.29, 1.82) is 0 Å². The third-order valence-corrected chi connectivity index (χ3v) is 1.39. The molecule has 0 aromatic rings. The molecule has 9 heteroatoms. The molecule has 0 unspecified atom stereocenters. The quantitative estimate of drug-likeness (QED) is 0.528. The third kappa shape index (κ3) is 11.7. The van der Waals surface area contributed by atoms with Gasteiger partial charge in [-0.2, -0.15) is 0 Å². The van der Waals surface area contributed by atoms with E-state index in [1.54, 1.807) is 0 Å². The van der Waals surface area contributed by atoms with E-state index in [0.717, 1.165) is 0 Å². The molecule has 0 saturated heterocycles. The molecule has 18 heavy (non-hydrogen) atoms. The maximum Gasteiger partial charge on any atom is 0.347 e. The van der Waals surface area contributed by atoms with Gasteiger partial charge >= 0.3 is 23.9 Å². The van der Waals surface area contributed by atoms with E-state index in [4.69, 9.17) is 32.0 Å². The zero-order valence-corrected chi connectivity index (χ0v) is 9.55. The zero-order valence-electron chi connectivity index (χ0n) is 8.79. The molecule has 0 heterocycles. The van der Waals surface area contributed by atoms with E-state index in [2.05, 4.69) is 6.58 Å². The Bertz CT molecular complexity index is 409. The molecule has 100 valence electrons. The summed E-state index contributed by atoms with van der Waals surface area (Å²) in [5.41, 5.74) is -0.303. The van der Waals surface area contributed by atoms with Gasteiger partial charge in [-0.25, -0.2) is 14.4 Å². The van der Waals surface area contributed by atoms with Crippen LogP contribution in [-0.4, -0.2) is 44.3 Å². The predicted molar refractivity (Wildman–Crippen MR) is 58.2 cm³/mol. The number of rotatable bonds is 5.